The van der Waals surface area contributed by atoms with Gasteiger partial charge in [0.25, 0.3) is 0 Å². The van der Waals surface area contributed by atoms with Gasteiger partial charge in [0.1, 0.15) is 0 Å². The Kier molecular flexibility index (Phi) is 2.96. The highest BCUT2D eigenvalue weighted by Crippen LogP contribution is 2.37. The van der Waals surface area contributed by atoms with Crippen molar-refractivity contribution in [2.24, 2.45) is 0 Å². The molecule has 6 heteroatoms. The van der Waals surface area contributed by atoms with Crippen LogP contribution in [-0.4, -0.2) is 11.9 Å². The molecular formula is C12H13F3N2O. The quantitative estimate of drug-likeness (QED) is 0.750. The van der Waals surface area contributed by atoms with Crippen LogP contribution in [0.25, 0.3) is 0 Å². The Morgan fingerprint density at radius 2 is 1.94 bits per heavy atom. The largest absolute Gasteiger partial charge is 0.416 e. The maximum absolute atomic E-state index is 12.8. The summed E-state index contributed by atoms with van der Waals surface area (Å²) < 4.78 is 38.3. The maximum Gasteiger partial charge on any atom is 0.416 e. The Hall–Kier alpha value is -1.72. The van der Waals surface area contributed by atoms with Crippen molar-refractivity contribution in [2.75, 3.05) is 10.6 Å². The van der Waals surface area contributed by atoms with Crippen LogP contribution in [0.5, 0.6) is 0 Å². The molecule has 1 aliphatic rings. The summed E-state index contributed by atoms with van der Waals surface area (Å²) in [7, 11) is 0. The van der Waals surface area contributed by atoms with Crippen LogP contribution < -0.4 is 10.6 Å². The highest BCUT2D eigenvalue weighted by molar-refractivity contribution is 5.96. The van der Waals surface area contributed by atoms with Crippen LogP contribution in [-0.2, 0) is 11.0 Å². The molecular weight excluding hydrogens is 245 g/mol. The van der Waals surface area contributed by atoms with Gasteiger partial charge in [-0.3, -0.25) is 4.79 Å². The van der Waals surface area contributed by atoms with Gasteiger partial charge in [0, 0.05) is 12.5 Å². The van der Waals surface area contributed by atoms with Crippen molar-refractivity contribution in [3.8, 4) is 0 Å². The van der Waals surface area contributed by atoms with Crippen LogP contribution in [0.4, 0.5) is 24.5 Å². The first-order valence-electron chi connectivity index (χ1n) is 5.55. The second kappa shape index (κ2) is 4.19. The van der Waals surface area contributed by atoms with E-state index < -0.39 is 11.7 Å². The van der Waals surface area contributed by atoms with Crippen molar-refractivity contribution >= 4 is 17.3 Å². The third kappa shape index (κ3) is 2.42. The van der Waals surface area contributed by atoms with Crippen molar-refractivity contribution in [1.82, 2.24) is 0 Å². The summed E-state index contributed by atoms with van der Waals surface area (Å²) in [5.41, 5.74) is 0.121. The third-order valence-corrected chi connectivity index (χ3v) is 2.84. The van der Waals surface area contributed by atoms with Gasteiger partial charge >= 0.3 is 6.18 Å². The lowest BCUT2D eigenvalue weighted by atomic mass is 10.1. The first-order valence-corrected chi connectivity index (χ1v) is 5.55. The van der Waals surface area contributed by atoms with E-state index in [9.17, 15) is 18.0 Å². The molecule has 3 nitrogen and oxygen atoms in total. The molecule has 0 spiro atoms. The highest BCUT2D eigenvalue weighted by Gasteiger charge is 2.34. The number of hydrogen-bond acceptors (Lipinski definition) is 2. The van der Waals surface area contributed by atoms with Crippen LogP contribution in [0.15, 0.2) is 12.1 Å². The summed E-state index contributed by atoms with van der Waals surface area (Å²) in [6, 6.07) is 2.29. The standard InChI is InChI=1S/C12H13F3N2O/c1-6-3-9-10(5-8(6)12(13,14)15)17-11(18)4-7(2)16-9/h3,5,7,16H,4H2,1-2H3,(H,17,18). The van der Waals surface area contributed by atoms with Gasteiger partial charge in [-0.1, -0.05) is 0 Å². The van der Waals surface area contributed by atoms with Crippen molar-refractivity contribution in [1.29, 1.82) is 0 Å². The number of nitrogens with one attached hydrogen (secondary N) is 2. The van der Waals surface area contributed by atoms with Gasteiger partial charge in [-0.05, 0) is 31.5 Å². The molecule has 0 fully saturated rings. The van der Waals surface area contributed by atoms with E-state index in [-0.39, 0.29) is 29.6 Å². The van der Waals surface area contributed by atoms with Gasteiger partial charge in [0.15, 0.2) is 0 Å². The Morgan fingerprint density at radius 3 is 2.56 bits per heavy atom. The molecule has 98 valence electrons. The van der Waals surface area contributed by atoms with Crippen LogP contribution in [0.3, 0.4) is 0 Å². The Labute approximate surface area is 102 Å². The molecule has 18 heavy (non-hydrogen) atoms. The van der Waals surface area contributed by atoms with E-state index in [1.54, 1.807) is 0 Å². The van der Waals surface area contributed by atoms with Crippen LogP contribution in [0, 0.1) is 6.92 Å². The average molecular weight is 258 g/mol. The molecule has 1 aromatic carbocycles. The molecule has 2 rings (SSSR count). The zero-order chi connectivity index (χ0) is 13.5. The highest BCUT2D eigenvalue weighted by atomic mass is 19.4. The minimum absolute atomic E-state index is 0.109. The predicted octanol–water partition coefficient (Wildman–Crippen LogP) is 3.16. The van der Waals surface area contributed by atoms with E-state index in [2.05, 4.69) is 10.6 Å². The number of aryl methyl sites for hydroxylation is 1. The Bertz CT molecular complexity index is 497. The number of carbonyl (C=O) groups is 1. The summed E-state index contributed by atoms with van der Waals surface area (Å²) >= 11 is 0. The fourth-order valence-corrected chi connectivity index (χ4v) is 2.03. The molecule has 2 N–H and O–H groups in total. The number of halogens is 3. The van der Waals surface area contributed by atoms with Crippen molar-refractivity contribution in [2.45, 2.75) is 32.5 Å². The van der Waals surface area contributed by atoms with Gasteiger partial charge in [0.2, 0.25) is 5.91 Å². The summed E-state index contributed by atoms with van der Waals surface area (Å²) in [5, 5.41) is 5.51. The van der Waals surface area contributed by atoms with Crippen molar-refractivity contribution in [3.05, 3.63) is 23.3 Å². The van der Waals surface area contributed by atoms with Crippen LogP contribution >= 0.6 is 0 Å². The molecule has 1 heterocycles. The topological polar surface area (TPSA) is 41.1 Å². The predicted molar refractivity (Wildman–Crippen MR) is 62.5 cm³/mol. The summed E-state index contributed by atoms with van der Waals surface area (Å²) in [5.74, 6) is -0.286. The van der Waals surface area contributed by atoms with Gasteiger partial charge in [-0.15, -0.1) is 0 Å². The van der Waals surface area contributed by atoms with Gasteiger partial charge < -0.3 is 10.6 Å². The normalized spacial score (nSPS) is 19.6. The molecule has 0 radical (unpaired) electrons. The van der Waals surface area contributed by atoms with E-state index in [1.165, 1.54) is 13.0 Å². The SMILES string of the molecule is Cc1cc2c(cc1C(F)(F)F)NC(=O)CC(C)N2. The van der Waals surface area contributed by atoms with Gasteiger partial charge in [0.05, 0.1) is 16.9 Å². The Morgan fingerprint density at radius 1 is 1.28 bits per heavy atom. The molecule has 1 aliphatic heterocycles. The molecule has 0 aliphatic carbocycles. The number of hydrogen-bond donors (Lipinski definition) is 2. The third-order valence-electron chi connectivity index (χ3n) is 2.84. The second-order valence-electron chi connectivity index (χ2n) is 4.51. The van der Waals surface area contributed by atoms with Crippen LogP contribution in [0.1, 0.15) is 24.5 Å². The zero-order valence-electron chi connectivity index (χ0n) is 9.98. The lowest BCUT2D eigenvalue weighted by Gasteiger charge is -2.16. The number of amides is 1. The van der Waals surface area contributed by atoms with Crippen molar-refractivity contribution in [3.63, 3.8) is 0 Å². The number of benzene rings is 1. The van der Waals surface area contributed by atoms with E-state index in [4.69, 9.17) is 0 Å². The first-order chi connectivity index (χ1) is 8.27. The number of fused-ring (bicyclic) bond motifs is 1. The molecule has 0 saturated carbocycles. The minimum Gasteiger partial charge on any atom is -0.380 e. The monoisotopic (exact) mass is 258 g/mol. The number of rotatable bonds is 0. The zero-order valence-corrected chi connectivity index (χ0v) is 9.98. The van der Waals surface area contributed by atoms with E-state index in [0.29, 0.717) is 5.69 Å². The fraction of sp³-hybridized carbons (Fsp3) is 0.417. The maximum atomic E-state index is 12.8. The summed E-state index contributed by atoms with van der Waals surface area (Å²) in [6.07, 6.45) is -4.18. The molecule has 0 bridgehead atoms. The average Bonchev–Trinajstić information content (AvgIpc) is 2.31. The molecule has 0 aromatic heterocycles. The molecule has 0 saturated heterocycles. The van der Waals surface area contributed by atoms with Gasteiger partial charge in [-0.25, -0.2) is 0 Å². The number of carbonyl (C=O) groups excluding carboxylic acids is 1. The van der Waals surface area contributed by atoms with Crippen LogP contribution in [0.2, 0.25) is 0 Å². The second-order valence-corrected chi connectivity index (χ2v) is 4.51. The fourth-order valence-electron chi connectivity index (χ4n) is 2.03. The lowest BCUT2D eigenvalue weighted by Crippen LogP contribution is -2.18. The summed E-state index contributed by atoms with van der Waals surface area (Å²) in [4.78, 5) is 11.5. The molecule has 1 amide bonds. The first kappa shape index (κ1) is 12.7. The van der Waals surface area contributed by atoms with E-state index in [1.807, 2.05) is 6.92 Å². The van der Waals surface area contributed by atoms with Crippen molar-refractivity contribution < 1.29 is 18.0 Å². The molecule has 1 atom stereocenters. The van der Waals surface area contributed by atoms with E-state index in [0.717, 1.165) is 6.07 Å². The van der Waals surface area contributed by atoms with Gasteiger partial charge in [-0.2, -0.15) is 13.2 Å². The summed E-state index contributed by atoms with van der Waals surface area (Å²) in [6.45, 7) is 3.21. The smallest absolute Gasteiger partial charge is 0.380 e. The Balaban J connectivity index is 2.51. The number of anilines is 2. The minimum atomic E-state index is -4.41. The molecule has 1 unspecified atom stereocenters. The molecule has 1 aromatic rings. The number of alkyl halides is 3. The lowest BCUT2D eigenvalue weighted by molar-refractivity contribution is -0.138. The van der Waals surface area contributed by atoms with E-state index >= 15 is 0 Å².